The third kappa shape index (κ3) is 5.38. The minimum atomic E-state index is -0.435. The summed E-state index contributed by atoms with van der Waals surface area (Å²) in [6.45, 7) is 3.91. The Bertz CT molecular complexity index is 920. The highest BCUT2D eigenvalue weighted by molar-refractivity contribution is 6.06. The number of benzene rings is 2. The molecule has 1 atom stereocenters. The number of ether oxygens (including phenoxy) is 2. The van der Waals surface area contributed by atoms with Gasteiger partial charge in [-0.3, -0.25) is 4.79 Å². The second kappa shape index (κ2) is 9.28. The summed E-state index contributed by atoms with van der Waals surface area (Å²) in [6, 6.07) is 13.7. The van der Waals surface area contributed by atoms with Gasteiger partial charge in [-0.1, -0.05) is 30.3 Å². The highest BCUT2D eigenvalue weighted by atomic mass is 16.5. The molecule has 1 aliphatic rings. The molecule has 0 fully saturated rings. The van der Waals surface area contributed by atoms with Gasteiger partial charge in [0, 0.05) is 31.0 Å². The maximum Gasteiger partial charge on any atom is 0.279 e. The summed E-state index contributed by atoms with van der Waals surface area (Å²) in [6.07, 6.45) is 4.64. The maximum absolute atomic E-state index is 12.6. The van der Waals surface area contributed by atoms with Crippen molar-refractivity contribution in [3.8, 4) is 11.5 Å². The molecule has 3 N–H and O–H groups in total. The Morgan fingerprint density at radius 3 is 2.79 bits per heavy atom. The third-order valence-corrected chi connectivity index (χ3v) is 4.46. The number of nitrogens with two attached hydrogens (primary N) is 1. The van der Waals surface area contributed by atoms with Crippen LogP contribution in [0.15, 0.2) is 59.7 Å². The molecule has 152 valence electrons. The number of aliphatic imine (C=N–C) groups is 1. The van der Waals surface area contributed by atoms with Crippen molar-refractivity contribution in [1.29, 1.82) is 0 Å². The molecule has 0 spiro atoms. The molecule has 0 aliphatic carbocycles. The second-order valence-corrected chi connectivity index (χ2v) is 7.22. The topological polar surface area (TPSA) is 85.9 Å². The van der Waals surface area contributed by atoms with Crippen LogP contribution in [0.25, 0.3) is 0 Å². The number of carbonyl (C=O) groups excluding carboxylic acids is 1. The first-order chi connectivity index (χ1) is 14.0. The highest BCUT2D eigenvalue weighted by Crippen LogP contribution is 2.39. The van der Waals surface area contributed by atoms with Crippen LogP contribution in [0.4, 0.5) is 0 Å². The van der Waals surface area contributed by atoms with Crippen molar-refractivity contribution in [1.82, 2.24) is 5.32 Å². The molecule has 1 heterocycles. The van der Waals surface area contributed by atoms with Crippen LogP contribution in [-0.2, 0) is 12.8 Å². The van der Waals surface area contributed by atoms with Crippen molar-refractivity contribution in [3.05, 3.63) is 71.4 Å². The number of rotatable bonds is 7. The lowest BCUT2D eigenvalue weighted by atomic mass is 10.0. The molecule has 0 bridgehead atoms. The molecule has 2 aromatic carbocycles. The quantitative estimate of drug-likeness (QED) is 0.557. The molecule has 0 radical (unpaired) electrons. The fraction of sp³-hybridized carbons (Fsp3) is 0.304. The lowest BCUT2D eigenvalue weighted by Crippen LogP contribution is -2.16. The number of amidine groups is 1. The van der Waals surface area contributed by atoms with Crippen LogP contribution in [0.1, 0.15) is 35.3 Å². The first-order valence-corrected chi connectivity index (χ1v) is 9.72. The maximum atomic E-state index is 12.6. The van der Waals surface area contributed by atoms with Gasteiger partial charge in [0.25, 0.3) is 5.91 Å². The van der Waals surface area contributed by atoms with Gasteiger partial charge in [0.15, 0.2) is 0 Å². The van der Waals surface area contributed by atoms with Crippen molar-refractivity contribution in [2.24, 2.45) is 10.7 Å². The Balaban J connectivity index is 1.86. The van der Waals surface area contributed by atoms with E-state index in [2.05, 4.69) is 22.4 Å². The van der Waals surface area contributed by atoms with E-state index in [9.17, 15) is 4.79 Å². The van der Waals surface area contributed by atoms with Gasteiger partial charge in [-0.15, -0.1) is 0 Å². The summed E-state index contributed by atoms with van der Waals surface area (Å²) in [5.41, 5.74) is 8.37. The van der Waals surface area contributed by atoms with Crippen LogP contribution in [0, 0.1) is 0 Å². The van der Waals surface area contributed by atoms with E-state index in [4.69, 9.17) is 15.2 Å². The number of carbonyl (C=O) groups is 1. The van der Waals surface area contributed by atoms with Crippen molar-refractivity contribution in [2.45, 2.75) is 38.9 Å². The number of hydrogen-bond acceptors (Lipinski definition) is 4. The van der Waals surface area contributed by atoms with Crippen LogP contribution in [0.3, 0.4) is 0 Å². The van der Waals surface area contributed by atoms with Gasteiger partial charge in [-0.25, -0.2) is 0 Å². The average molecular weight is 393 g/mol. The summed E-state index contributed by atoms with van der Waals surface area (Å²) in [4.78, 5) is 16.5. The number of nitrogens with zero attached hydrogens (tertiary/aromatic N) is 1. The van der Waals surface area contributed by atoms with Gasteiger partial charge in [-0.2, -0.15) is 4.99 Å². The van der Waals surface area contributed by atoms with E-state index >= 15 is 0 Å². The molecule has 1 unspecified atom stereocenters. The second-order valence-electron chi connectivity index (χ2n) is 7.22. The number of hydrogen-bond donors (Lipinski definition) is 2. The van der Waals surface area contributed by atoms with E-state index < -0.39 is 5.91 Å². The molecular formula is C23H27N3O3. The number of nitrogens with one attached hydrogen (secondary N) is 1. The summed E-state index contributed by atoms with van der Waals surface area (Å²) in [7, 11) is 1.74. The van der Waals surface area contributed by atoms with Crippen molar-refractivity contribution in [2.75, 3.05) is 7.05 Å². The molecule has 29 heavy (non-hydrogen) atoms. The minimum Gasteiger partial charge on any atom is -0.491 e. The Morgan fingerprint density at radius 2 is 2.10 bits per heavy atom. The van der Waals surface area contributed by atoms with Crippen molar-refractivity contribution >= 4 is 11.7 Å². The Hall–Kier alpha value is -3.28. The van der Waals surface area contributed by atoms with Crippen molar-refractivity contribution in [3.63, 3.8) is 0 Å². The zero-order valence-corrected chi connectivity index (χ0v) is 17.0. The normalized spacial score (nSPS) is 16.0. The standard InChI is InChI=1S/C23H27N3O3/c1-15(2)28-20-12-17(23(27)26-22(24)9-10-25-3)13-21-19(20)14-18(29-21)11-16-7-5-4-6-8-16/h4-10,12-13,15,18,25H,11,14H2,1-3H3,(H2,24,26,27)/b10-9-. The van der Waals surface area contributed by atoms with Gasteiger partial charge in [-0.05, 0) is 43.8 Å². The number of amides is 1. The van der Waals surface area contributed by atoms with E-state index in [1.807, 2.05) is 32.0 Å². The largest absolute Gasteiger partial charge is 0.491 e. The summed E-state index contributed by atoms with van der Waals surface area (Å²) in [5, 5.41) is 2.81. The van der Waals surface area contributed by atoms with Crippen molar-refractivity contribution < 1.29 is 14.3 Å². The lowest BCUT2D eigenvalue weighted by Gasteiger charge is -2.14. The van der Waals surface area contributed by atoms with Crippen LogP contribution in [0.2, 0.25) is 0 Å². The van der Waals surface area contributed by atoms with Crippen LogP contribution >= 0.6 is 0 Å². The summed E-state index contributed by atoms with van der Waals surface area (Å²) >= 11 is 0. The monoisotopic (exact) mass is 393 g/mol. The molecule has 1 aliphatic heterocycles. The molecule has 3 rings (SSSR count). The molecule has 6 nitrogen and oxygen atoms in total. The first kappa shape index (κ1) is 20.5. The zero-order valence-electron chi connectivity index (χ0n) is 17.0. The molecule has 6 heteroatoms. The highest BCUT2D eigenvalue weighted by Gasteiger charge is 2.28. The van der Waals surface area contributed by atoms with Crippen LogP contribution < -0.4 is 20.5 Å². The Labute approximate surface area is 171 Å². The van der Waals surface area contributed by atoms with E-state index in [1.54, 1.807) is 25.4 Å². The Kier molecular flexibility index (Phi) is 6.54. The van der Waals surface area contributed by atoms with Gasteiger partial charge in [0.1, 0.15) is 23.4 Å². The van der Waals surface area contributed by atoms with Gasteiger partial charge in [0.05, 0.1) is 6.10 Å². The zero-order chi connectivity index (χ0) is 20.8. The molecule has 1 amide bonds. The SMILES string of the molecule is CN/C=C\C(N)=NC(=O)c1cc(OC(C)C)c2c(c1)OC(Cc1ccccc1)C2. The molecule has 0 saturated heterocycles. The third-order valence-electron chi connectivity index (χ3n) is 4.46. The molecule has 0 aromatic heterocycles. The Morgan fingerprint density at radius 1 is 1.34 bits per heavy atom. The summed E-state index contributed by atoms with van der Waals surface area (Å²) in [5.74, 6) is 1.02. The van der Waals surface area contributed by atoms with E-state index in [1.165, 1.54) is 11.6 Å². The van der Waals surface area contributed by atoms with E-state index in [0.717, 1.165) is 18.4 Å². The molecular weight excluding hydrogens is 366 g/mol. The average Bonchev–Trinajstić information content (AvgIpc) is 3.09. The predicted octanol–water partition coefficient (Wildman–Crippen LogP) is 3.25. The molecule has 2 aromatic rings. The summed E-state index contributed by atoms with van der Waals surface area (Å²) < 4.78 is 12.1. The number of fused-ring (bicyclic) bond motifs is 1. The van der Waals surface area contributed by atoms with Gasteiger partial charge >= 0.3 is 0 Å². The van der Waals surface area contributed by atoms with Crippen LogP contribution in [0.5, 0.6) is 11.5 Å². The first-order valence-electron chi connectivity index (χ1n) is 9.72. The van der Waals surface area contributed by atoms with E-state index in [0.29, 0.717) is 17.1 Å². The van der Waals surface area contributed by atoms with Gasteiger partial charge < -0.3 is 20.5 Å². The predicted molar refractivity (Wildman–Crippen MR) is 115 cm³/mol. The van der Waals surface area contributed by atoms with Gasteiger partial charge in [0.2, 0.25) is 0 Å². The minimum absolute atomic E-state index is 0.000558. The molecule has 0 saturated carbocycles. The fourth-order valence-electron chi connectivity index (χ4n) is 3.24. The fourth-order valence-corrected chi connectivity index (χ4v) is 3.24. The smallest absolute Gasteiger partial charge is 0.279 e. The van der Waals surface area contributed by atoms with E-state index in [-0.39, 0.29) is 18.0 Å². The van der Waals surface area contributed by atoms with Crippen LogP contribution in [-0.4, -0.2) is 31.0 Å². The lowest BCUT2D eigenvalue weighted by molar-refractivity contribution is 0.100.